The van der Waals surface area contributed by atoms with Crippen LogP contribution < -0.4 is 5.32 Å². The number of hydrogen-bond acceptors (Lipinski definition) is 5. The second-order valence-corrected chi connectivity index (χ2v) is 7.19. The van der Waals surface area contributed by atoms with Crippen molar-refractivity contribution < 1.29 is 9.90 Å². The topological polar surface area (TPSA) is 75.1 Å². The molecule has 5 nitrogen and oxygen atoms in total. The van der Waals surface area contributed by atoms with Gasteiger partial charge in [0.25, 0.3) is 0 Å². The van der Waals surface area contributed by atoms with E-state index in [2.05, 4.69) is 35.4 Å². The van der Waals surface area contributed by atoms with Gasteiger partial charge in [-0.1, -0.05) is 20.8 Å². The lowest BCUT2D eigenvalue weighted by Gasteiger charge is -2.25. The molecule has 0 spiro atoms. The second-order valence-electron chi connectivity index (χ2n) is 6.44. The van der Waals surface area contributed by atoms with Gasteiger partial charge in [0.2, 0.25) is 5.13 Å². The summed E-state index contributed by atoms with van der Waals surface area (Å²) in [7, 11) is 0. The molecule has 106 valence electrons. The maximum Gasteiger partial charge on any atom is 0.305 e. The van der Waals surface area contributed by atoms with Crippen LogP contribution in [0.2, 0.25) is 0 Å². The van der Waals surface area contributed by atoms with Gasteiger partial charge in [0, 0.05) is 23.5 Å². The SMILES string of the molecule is CC(C)(C)CC(CC(=O)O)Nc1nc(C2CC2)ns1. The van der Waals surface area contributed by atoms with Crippen LogP contribution >= 0.6 is 11.5 Å². The zero-order valence-corrected chi connectivity index (χ0v) is 12.5. The number of nitrogens with zero attached hydrogens (tertiary/aromatic N) is 2. The first-order chi connectivity index (χ1) is 8.83. The van der Waals surface area contributed by atoms with Gasteiger partial charge in [0.15, 0.2) is 0 Å². The number of aromatic nitrogens is 2. The maximum atomic E-state index is 10.9. The average molecular weight is 283 g/mol. The number of rotatable bonds is 6. The first kappa shape index (κ1) is 14.2. The van der Waals surface area contributed by atoms with Gasteiger partial charge >= 0.3 is 5.97 Å². The molecule has 1 aliphatic carbocycles. The highest BCUT2D eigenvalue weighted by Gasteiger charge is 2.28. The minimum atomic E-state index is -0.784. The number of carboxylic acids is 1. The van der Waals surface area contributed by atoms with Gasteiger partial charge < -0.3 is 10.4 Å². The van der Waals surface area contributed by atoms with Crippen molar-refractivity contribution in [2.24, 2.45) is 5.41 Å². The van der Waals surface area contributed by atoms with Gasteiger partial charge in [-0.2, -0.15) is 4.37 Å². The summed E-state index contributed by atoms with van der Waals surface area (Å²) in [6.07, 6.45) is 3.25. The van der Waals surface area contributed by atoms with Crippen LogP contribution in [-0.2, 0) is 4.79 Å². The van der Waals surface area contributed by atoms with Gasteiger partial charge in [-0.05, 0) is 24.7 Å². The number of carbonyl (C=O) groups is 1. The van der Waals surface area contributed by atoms with Crippen molar-refractivity contribution >= 4 is 22.6 Å². The Balaban J connectivity index is 1.98. The third kappa shape index (κ3) is 4.78. The van der Waals surface area contributed by atoms with E-state index < -0.39 is 5.97 Å². The molecule has 2 rings (SSSR count). The van der Waals surface area contributed by atoms with Crippen LogP contribution in [0, 0.1) is 5.41 Å². The maximum absolute atomic E-state index is 10.9. The molecular formula is C13H21N3O2S. The van der Waals surface area contributed by atoms with Gasteiger partial charge in [0.05, 0.1) is 6.42 Å². The molecule has 0 amide bonds. The third-order valence-corrected chi connectivity index (χ3v) is 3.65. The molecule has 0 bridgehead atoms. The first-order valence-electron chi connectivity index (χ1n) is 6.65. The zero-order chi connectivity index (χ0) is 14.0. The molecule has 1 saturated carbocycles. The van der Waals surface area contributed by atoms with Crippen LogP contribution in [0.5, 0.6) is 0 Å². The lowest BCUT2D eigenvalue weighted by Crippen LogP contribution is -2.28. The van der Waals surface area contributed by atoms with Crippen LogP contribution in [0.25, 0.3) is 0 Å². The average Bonchev–Trinajstić information content (AvgIpc) is 2.97. The number of aliphatic carboxylic acids is 1. The van der Waals surface area contributed by atoms with E-state index in [0.717, 1.165) is 17.4 Å². The molecule has 0 aliphatic heterocycles. The monoisotopic (exact) mass is 283 g/mol. The molecule has 0 aromatic carbocycles. The van der Waals surface area contributed by atoms with Crippen molar-refractivity contribution in [3.8, 4) is 0 Å². The van der Waals surface area contributed by atoms with Crippen molar-refractivity contribution in [1.29, 1.82) is 0 Å². The van der Waals surface area contributed by atoms with E-state index in [1.807, 2.05) is 0 Å². The molecule has 1 fully saturated rings. The Morgan fingerprint density at radius 2 is 2.21 bits per heavy atom. The minimum absolute atomic E-state index is 0.0805. The van der Waals surface area contributed by atoms with Crippen molar-refractivity contribution in [3.63, 3.8) is 0 Å². The van der Waals surface area contributed by atoms with E-state index in [-0.39, 0.29) is 17.9 Å². The molecule has 1 aliphatic rings. The standard InChI is InChI=1S/C13H21N3O2S/c1-13(2,3)7-9(6-10(17)18)14-12-15-11(16-19-12)8-4-5-8/h8-9H,4-7H2,1-3H3,(H,17,18)(H,14,15,16). The van der Waals surface area contributed by atoms with Crippen LogP contribution in [0.4, 0.5) is 5.13 Å². The fourth-order valence-electron chi connectivity index (χ4n) is 2.10. The van der Waals surface area contributed by atoms with E-state index in [9.17, 15) is 4.79 Å². The Labute approximate surface area is 117 Å². The Morgan fingerprint density at radius 1 is 1.53 bits per heavy atom. The zero-order valence-electron chi connectivity index (χ0n) is 11.6. The highest BCUT2D eigenvalue weighted by molar-refractivity contribution is 7.09. The van der Waals surface area contributed by atoms with Gasteiger partial charge in [-0.25, -0.2) is 4.98 Å². The summed E-state index contributed by atoms with van der Waals surface area (Å²) >= 11 is 1.33. The van der Waals surface area contributed by atoms with Crippen LogP contribution in [0.15, 0.2) is 0 Å². The molecule has 1 atom stereocenters. The number of carboxylic acid groups (broad SMARTS) is 1. The van der Waals surface area contributed by atoms with Crippen LogP contribution in [-0.4, -0.2) is 26.5 Å². The summed E-state index contributed by atoms with van der Waals surface area (Å²) < 4.78 is 4.33. The van der Waals surface area contributed by atoms with Crippen molar-refractivity contribution in [2.75, 3.05) is 5.32 Å². The molecule has 1 aromatic heterocycles. The summed E-state index contributed by atoms with van der Waals surface area (Å²) in [5.41, 5.74) is 0.0805. The molecule has 0 saturated heterocycles. The Morgan fingerprint density at radius 3 is 2.74 bits per heavy atom. The highest BCUT2D eigenvalue weighted by Crippen LogP contribution is 2.39. The molecule has 1 heterocycles. The molecule has 1 aromatic rings. The predicted octanol–water partition coefficient (Wildman–Crippen LogP) is 3.11. The van der Waals surface area contributed by atoms with Crippen molar-refractivity contribution in [2.45, 2.75) is 58.4 Å². The minimum Gasteiger partial charge on any atom is -0.481 e. The second kappa shape index (κ2) is 5.45. The number of anilines is 1. The van der Waals surface area contributed by atoms with Crippen molar-refractivity contribution in [1.82, 2.24) is 9.36 Å². The van der Waals surface area contributed by atoms with E-state index in [1.54, 1.807) is 0 Å². The Hall–Kier alpha value is -1.17. The molecular weight excluding hydrogens is 262 g/mol. The van der Waals surface area contributed by atoms with Gasteiger partial charge in [-0.15, -0.1) is 0 Å². The van der Waals surface area contributed by atoms with E-state index >= 15 is 0 Å². The van der Waals surface area contributed by atoms with Gasteiger partial charge in [-0.3, -0.25) is 4.79 Å². The van der Waals surface area contributed by atoms with Gasteiger partial charge in [0.1, 0.15) is 5.82 Å². The van der Waals surface area contributed by atoms with E-state index in [4.69, 9.17) is 5.11 Å². The number of hydrogen-bond donors (Lipinski definition) is 2. The molecule has 19 heavy (non-hydrogen) atoms. The summed E-state index contributed by atoms with van der Waals surface area (Å²) in [4.78, 5) is 15.4. The summed E-state index contributed by atoms with van der Waals surface area (Å²) in [5.74, 6) is 0.665. The van der Waals surface area contributed by atoms with E-state index in [1.165, 1.54) is 24.4 Å². The number of nitrogens with one attached hydrogen (secondary N) is 1. The molecule has 2 N–H and O–H groups in total. The summed E-state index contributed by atoms with van der Waals surface area (Å²) in [6, 6.07) is -0.0995. The smallest absolute Gasteiger partial charge is 0.305 e. The highest BCUT2D eigenvalue weighted by atomic mass is 32.1. The summed E-state index contributed by atoms with van der Waals surface area (Å²) in [6.45, 7) is 6.33. The molecule has 1 unspecified atom stereocenters. The fourth-order valence-corrected chi connectivity index (χ4v) is 2.82. The Bertz CT molecular complexity index is 449. The largest absolute Gasteiger partial charge is 0.481 e. The lowest BCUT2D eigenvalue weighted by atomic mass is 9.87. The van der Waals surface area contributed by atoms with Crippen LogP contribution in [0.3, 0.4) is 0 Å². The third-order valence-electron chi connectivity index (χ3n) is 2.99. The van der Waals surface area contributed by atoms with Crippen molar-refractivity contribution in [3.05, 3.63) is 5.82 Å². The molecule has 6 heteroatoms. The first-order valence-corrected chi connectivity index (χ1v) is 7.43. The lowest BCUT2D eigenvalue weighted by molar-refractivity contribution is -0.137. The quantitative estimate of drug-likeness (QED) is 0.839. The summed E-state index contributed by atoms with van der Waals surface area (Å²) in [5, 5.41) is 13.0. The van der Waals surface area contributed by atoms with E-state index in [0.29, 0.717) is 5.92 Å². The molecule has 0 radical (unpaired) electrons. The Kier molecular flexibility index (Phi) is 4.08. The predicted molar refractivity (Wildman–Crippen MR) is 75.6 cm³/mol. The van der Waals surface area contributed by atoms with Crippen LogP contribution in [0.1, 0.15) is 58.2 Å². The fraction of sp³-hybridized carbons (Fsp3) is 0.769. The normalized spacial score (nSPS) is 17.2.